The lowest BCUT2D eigenvalue weighted by Crippen LogP contribution is -2.59. The van der Waals surface area contributed by atoms with E-state index in [4.69, 9.17) is 18.9 Å². The van der Waals surface area contributed by atoms with Gasteiger partial charge in [-0.25, -0.2) is 0 Å². The van der Waals surface area contributed by atoms with E-state index in [1.165, 1.54) is 51.4 Å². The zero-order valence-electron chi connectivity index (χ0n) is 34.4. The molecule has 1 fully saturated rings. The zero-order valence-corrected chi connectivity index (χ0v) is 34.4. The maximum Gasteiger partial charge on any atom is 0.306 e. The van der Waals surface area contributed by atoms with Gasteiger partial charge in [0.15, 0.2) is 12.4 Å². The number of aliphatic hydroxyl groups excluding tert-OH is 4. The maximum atomic E-state index is 12.7. The summed E-state index contributed by atoms with van der Waals surface area (Å²) in [4.78, 5) is 25.3. The summed E-state index contributed by atoms with van der Waals surface area (Å²) < 4.78 is 22.1. The summed E-state index contributed by atoms with van der Waals surface area (Å²) in [6.07, 6.45) is 34.0. The van der Waals surface area contributed by atoms with Crippen LogP contribution in [0, 0.1) is 0 Å². The van der Waals surface area contributed by atoms with Gasteiger partial charge in [0.25, 0.3) is 0 Å². The van der Waals surface area contributed by atoms with Gasteiger partial charge < -0.3 is 39.4 Å². The first-order valence-electron chi connectivity index (χ1n) is 21.7. The lowest BCUT2D eigenvalue weighted by Gasteiger charge is -2.39. The summed E-state index contributed by atoms with van der Waals surface area (Å²) in [6.45, 7) is 3.33. The lowest BCUT2D eigenvalue weighted by molar-refractivity contribution is -0.305. The van der Waals surface area contributed by atoms with Gasteiger partial charge in [-0.05, 0) is 77.0 Å². The van der Waals surface area contributed by atoms with Gasteiger partial charge >= 0.3 is 11.9 Å². The molecule has 1 aliphatic heterocycles. The Morgan fingerprint density at radius 1 is 0.564 bits per heavy atom. The van der Waals surface area contributed by atoms with Gasteiger partial charge in [-0.15, -0.1) is 0 Å². The fraction of sp³-hybridized carbons (Fsp3) is 0.778. The van der Waals surface area contributed by atoms with E-state index < -0.39 is 55.4 Å². The largest absolute Gasteiger partial charge is 0.462 e. The van der Waals surface area contributed by atoms with Gasteiger partial charge in [0.2, 0.25) is 0 Å². The Morgan fingerprint density at radius 2 is 1.02 bits per heavy atom. The van der Waals surface area contributed by atoms with Crippen molar-refractivity contribution in [3.8, 4) is 0 Å². The average Bonchev–Trinajstić information content (AvgIpc) is 3.18. The highest BCUT2D eigenvalue weighted by Gasteiger charge is 2.44. The summed E-state index contributed by atoms with van der Waals surface area (Å²) in [6, 6.07) is 0. The number of ether oxygens (including phenoxy) is 4. The van der Waals surface area contributed by atoms with Gasteiger partial charge in [-0.2, -0.15) is 0 Å². The molecule has 1 heterocycles. The van der Waals surface area contributed by atoms with Crippen molar-refractivity contribution < 1.29 is 49.0 Å². The molecule has 318 valence electrons. The van der Waals surface area contributed by atoms with Crippen LogP contribution in [-0.4, -0.2) is 89.0 Å². The van der Waals surface area contributed by atoms with Crippen molar-refractivity contribution in [2.24, 2.45) is 0 Å². The molecule has 0 aromatic rings. The first kappa shape index (κ1) is 50.7. The van der Waals surface area contributed by atoms with E-state index in [9.17, 15) is 30.0 Å². The highest BCUT2D eigenvalue weighted by atomic mass is 16.7. The van der Waals surface area contributed by atoms with Crippen LogP contribution in [0.4, 0.5) is 0 Å². The number of carbonyl (C=O) groups is 2. The Balaban J connectivity index is 2.38. The Kier molecular flexibility index (Phi) is 33.2. The Labute approximate surface area is 333 Å². The summed E-state index contributed by atoms with van der Waals surface area (Å²) in [5, 5.41) is 40.0. The monoisotopic (exact) mass is 779 g/mol. The molecule has 0 radical (unpaired) electrons. The van der Waals surface area contributed by atoms with E-state index in [2.05, 4.69) is 62.5 Å². The first-order valence-corrected chi connectivity index (χ1v) is 21.7. The second-order valence-corrected chi connectivity index (χ2v) is 14.8. The van der Waals surface area contributed by atoms with Gasteiger partial charge in [-0.3, -0.25) is 9.59 Å². The minimum Gasteiger partial charge on any atom is -0.462 e. The second kappa shape index (κ2) is 36.0. The van der Waals surface area contributed by atoms with Gasteiger partial charge in [0, 0.05) is 12.8 Å². The first-order chi connectivity index (χ1) is 26.8. The Bertz CT molecular complexity index is 1040. The van der Waals surface area contributed by atoms with Crippen molar-refractivity contribution in [2.45, 2.75) is 205 Å². The minimum absolute atomic E-state index is 0.201. The van der Waals surface area contributed by atoms with E-state index in [1.54, 1.807) is 0 Å². The van der Waals surface area contributed by atoms with Gasteiger partial charge in [-0.1, -0.05) is 127 Å². The van der Waals surface area contributed by atoms with Crippen molar-refractivity contribution in [3.05, 3.63) is 48.6 Å². The summed E-state index contributed by atoms with van der Waals surface area (Å²) >= 11 is 0. The summed E-state index contributed by atoms with van der Waals surface area (Å²) in [5.74, 6) is -0.845. The van der Waals surface area contributed by atoms with E-state index in [-0.39, 0.29) is 26.1 Å². The number of rotatable bonds is 35. The quantitative estimate of drug-likeness (QED) is 0.0279. The lowest BCUT2D eigenvalue weighted by atomic mass is 9.99. The summed E-state index contributed by atoms with van der Waals surface area (Å²) in [7, 11) is 0. The third-order valence-electron chi connectivity index (χ3n) is 9.69. The highest BCUT2D eigenvalue weighted by molar-refractivity contribution is 5.70. The number of hydrogen-bond acceptors (Lipinski definition) is 10. The molecule has 0 bridgehead atoms. The third-order valence-corrected chi connectivity index (χ3v) is 9.69. The average molecular weight is 779 g/mol. The molecule has 1 saturated heterocycles. The fourth-order valence-electron chi connectivity index (χ4n) is 6.19. The summed E-state index contributed by atoms with van der Waals surface area (Å²) in [5.41, 5.74) is 0. The minimum atomic E-state index is -1.60. The number of unbranched alkanes of at least 4 members (excludes halogenated alkanes) is 16. The van der Waals surface area contributed by atoms with Crippen molar-refractivity contribution in [3.63, 3.8) is 0 Å². The predicted octanol–water partition coefficient (Wildman–Crippen LogP) is 8.88. The standard InChI is InChI=1S/C45H78O10/c1-3-5-7-9-11-13-15-17-18-19-20-22-24-26-28-30-32-34-41(48)54-38(37-53-45-44(51)43(50)42(49)39(35-46)55-45)36-52-40(47)33-31-29-27-25-23-21-16-14-12-10-8-6-4-2/h11,13-14,16-18,20,22,38-39,42-46,49-51H,3-10,12,15,19,21,23-37H2,1-2H3/b13-11+,16-14+,18-17+,22-20+/t38-,39-,42+,43?,44?,45-/m1/s1. The van der Waals surface area contributed by atoms with E-state index >= 15 is 0 Å². The molecule has 4 N–H and O–H groups in total. The Morgan fingerprint density at radius 3 is 1.58 bits per heavy atom. The molecule has 2 unspecified atom stereocenters. The SMILES string of the molecule is CCCCC/C=C/C/C=C/C/C=C/CCCCCCC(=O)O[C@H](COC(=O)CCCCCCC/C=C/CCCCCC)CO[C@@H]1O[C@H](CO)[C@H](O)C(O)C1O. The van der Waals surface area contributed by atoms with Crippen LogP contribution in [0.5, 0.6) is 0 Å². The van der Waals surface area contributed by atoms with Crippen molar-refractivity contribution in [1.82, 2.24) is 0 Å². The van der Waals surface area contributed by atoms with Crippen LogP contribution < -0.4 is 0 Å². The molecule has 0 aromatic carbocycles. The van der Waals surface area contributed by atoms with Gasteiger partial charge in [0.05, 0.1) is 13.2 Å². The normalized spacial score (nSPS) is 21.0. The highest BCUT2D eigenvalue weighted by Crippen LogP contribution is 2.22. The molecule has 6 atom stereocenters. The Hall–Kier alpha value is -2.34. The second-order valence-electron chi connectivity index (χ2n) is 14.8. The van der Waals surface area contributed by atoms with E-state index in [1.807, 2.05) is 0 Å². The van der Waals surface area contributed by atoms with Gasteiger partial charge in [0.1, 0.15) is 31.0 Å². The van der Waals surface area contributed by atoms with Crippen molar-refractivity contribution in [2.75, 3.05) is 19.8 Å². The molecule has 1 rings (SSSR count). The molecule has 1 aliphatic rings. The van der Waals surface area contributed by atoms with Crippen LogP contribution in [0.3, 0.4) is 0 Å². The maximum absolute atomic E-state index is 12.7. The number of carbonyl (C=O) groups excluding carboxylic acids is 2. The molecular weight excluding hydrogens is 700 g/mol. The van der Waals surface area contributed by atoms with Crippen LogP contribution in [0.15, 0.2) is 48.6 Å². The fourth-order valence-corrected chi connectivity index (χ4v) is 6.19. The molecule has 0 aromatic heterocycles. The topological polar surface area (TPSA) is 152 Å². The van der Waals surface area contributed by atoms with Crippen LogP contribution in [-0.2, 0) is 28.5 Å². The molecule has 0 aliphatic carbocycles. The number of allylic oxidation sites excluding steroid dienone is 8. The molecule has 55 heavy (non-hydrogen) atoms. The van der Waals surface area contributed by atoms with Crippen LogP contribution >= 0.6 is 0 Å². The van der Waals surface area contributed by atoms with E-state index in [0.717, 1.165) is 77.0 Å². The smallest absolute Gasteiger partial charge is 0.306 e. The van der Waals surface area contributed by atoms with Crippen LogP contribution in [0.2, 0.25) is 0 Å². The number of esters is 2. The predicted molar refractivity (Wildman–Crippen MR) is 219 cm³/mol. The molecule has 10 nitrogen and oxygen atoms in total. The molecule has 0 saturated carbocycles. The van der Waals surface area contributed by atoms with Crippen LogP contribution in [0.1, 0.15) is 168 Å². The third kappa shape index (κ3) is 27.8. The molecular formula is C45H78O10. The zero-order chi connectivity index (χ0) is 40.2. The molecule has 10 heteroatoms. The number of hydrogen-bond donors (Lipinski definition) is 4. The molecule has 0 amide bonds. The van der Waals surface area contributed by atoms with E-state index in [0.29, 0.717) is 12.8 Å². The molecule has 0 spiro atoms. The van der Waals surface area contributed by atoms with Crippen molar-refractivity contribution in [1.29, 1.82) is 0 Å². The van der Waals surface area contributed by atoms with Crippen molar-refractivity contribution >= 4 is 11.9 Å². The number of aliphatic hydroxyl groups is 4. The van der Waals surface area contributed by atoms with Crippen LogP contribution in [0.25, 0.3) is 0 Å².